The Hall–Kier alpha value is -3.63. The molecule has 0 bridgehead atoms. The van der Waals surface area contributed by atoms with Crippen LogP contribution >= 0.6 is 0 Å². The maximum absolute atomic E-state index is 11.0. The maximum Gasteiger partial charge on any atom is 0.168 e. The molecule has 0 aliphatic carbocycles. The first-order valence-corrected chi connectivity index (χ1v) is 8.34. The molecule has 0 fully saturated rings. The summed E-state index contributed by atoms with van der Waals surface area (Å²) in [5.41, 5.74) is 5.19. The highest BCUT2D eigenvalue weighted by Gasteiger charge is 2.10. The standard InChI is InChI=1S/C23H20N2O2/c1-5-8-19-11-18(6-2)12-20(13-19)17(4)25-27-15-22-16(3)9-7-10-21(22)23(24)14-26/h2,7,9-14,24H,15H2,1,3-4H3/b24-23?,25-17+. The highest BCUT2D eigenvalue weighted by Crippen LogP contribution is 2.17. The number of aryl methyl sites for hydroxylation is 1. The number of nitrogens with zero attached hydrogens (tertiary/aromatic N) is 1. The quantitative estimate of drug-likeness (QED) is 0.370. The molecular weight excluding hydrogens is 336 g/mol. The van der Waals surface area contributed by atoms with Crippen molar-refractivity contribution in [3.05, 3.63) is 69.8 Å². The van der Waals surface area contributed by atoms with Crippen LogP contribution in [0, 0.1) is 36.5 Å². The number of carbonyl (C=O) groups is 1. The van der Waals surface area contributed by atoms with Gasteiger partial charge in [0.2, 0.25) is 0 Å². The largest absolute Gasteiger partial charge is 0.391 e. The molecule has 27 heavy (non-hydrogen) atoms. The van der Waals surface area contributed by atoms with Crippen molar-refractivity contribution in [2.24, 2.45) is 5.16 Å². The molecular formula is C23H20N2O2. The number of hydrogen-bond donors (Lipinski definition) is 1. The molecule has 4 nitrogen and oxygen atoms in total. The van der Waals surface area contributed by atoms with Gasteiger partial charge in [0.25, 0.3) is 0 Å². The Balaban J connectivity index is 2.26. The van der Waals surface area contributed by atoms with Crippen molar-refractivity contribution in [2.45, 2.75) is 27.4 Å². The number of hydrogen-bond acceptors (Lipinski definition) is 4. The molecule has 0 amide bonds. The fraction of sp³-hybridized carbons (Fsp3) is 0.174. The first-order chi connectivity index (χ1) is 13.0. The van der Waals surface area contributed by atoms with Gasteiger partial charge in [0.15, 0.2) is 6.29 Å². The lowest BCUT2D eigenvalue weighted by Crippen LogP contribution is -2.07. The van der Waals surface area contributed by atoms with E-state index in [1.54, 1.807) is 13.0 Å². The Morgan fingerprint density at radius 2 is 2.04 bits per heavy atom. The van der Waals surface area contributed by atoms with Gasteiger partial charge in [-0.05, 0) is 44.5 Å². The monoisotopic (exact) mass is 356 g/mol. The van der Waals surface area contributed by atoms with Crippen molar-refractivity contribution in [1.29, 1.82) is 5.41 Å². The lowest BCUT2D eigenvalue weighted by molar-refractivity contribution is -0.102. The number of aldehydes is 1. The van der Waals surface area contributed by atoms with Gasteiger partial charge in [-0.2, -0.15) is 0 Å². The predicted octanol–water partition coefficient (Wildman–Crippen LogP) is 3.86. The van der Waals surface area contributed by atoms with Crippen molar-refractivity contribution in [1.82, 2.24) is 0 Å². The minimum atomic E-state index is -0.0810. The zero-order chi connectivity index (χ0) is 19.8. The van der Waals surface area contributed by atoms with Crippen LogP contribution in [-0.2, 0) is 16.2 Å². The van der Waals surface area contributed by atoms with E-state index in [-0.39, 0.29) is 12.3 Å². The van der Waals surface area contributed by atoms with Crippen LogP contribution in [0.2, 0.25) is 0 Å². The SMILES string of the molecule is C#Cc1cc(C#CC)cc(/C(C)=N/OCc2c(C)cccc2C(=N)C=O)c1. The molecule has 0 aliphatic heterocycles. The van der Waals surface area contributed by atoms with Gasteiger partial charge in [-0.25, -0.2) is 0 Å². The van der Waals surface area contributed by atoms with Gasteiger partial charge in [-0.15, -0.1) is 12.3 Å². The topological polar surface area (TPSA) is 62.5 Å². The second kappa shape index (κ2) is 9.17. The lowest BCUT2D eigenvalue weighted by atomic mass is 9.99. The summed E-state index contributed by atoms with van der Waals surface area (Å²) in [6, 6.07) is 11.0. The summed E-state index contributed by atoms with van der Waals surface area (Å²) in [6.07, 6.45) is 6.04. The molecule has 0 saturated heterocycles. The smallest absolute Gasteiger partial charge is 0.168 e. The third-order valence-corrected chi connectivity index (χ3v) is 4.02. The maximum atomic E-state index is 11.0. The third-order valence-electron chi connectivity index (χ3n) is 4.02. The zero-order valence-corrected chi connectivity index (χ0v) is 15.6. The first-order valence-electron chi connectivity index (χ1n) is 8.34. The second-order valence-electron chi connectivity index (χ2n) is 5.90. The van der Waals surface area contributed by atoms with Crippen LogP contribution in [0.1, 0.15) is 47.2 Å². The molecule has 134 valence electrons. The number of rotatable bonds is 6. The molecule has 0 aromatic heterocycles. The molecule has 4 heteroatoms. The summed E-state index contributed by atoms with van der Waals surface area (Å²) in [7, 11) is 0. The highest BCUT2D eigenvalue weighted by atomic mass is 16.6. The summed E-state index contributed by atoms with van der Waals surface area (Å²) in [6.45, 7) is 5.66. The summed E-state index contributed by atoms with van der Waals surface area (Å²) < 4.78 is 0. The van der Waals surface area contributed by atoms with E-state index in [1.807, 2.05) is 44.2 Å². The average Bonchev–Trinajstić information content (AvgIpc) is 2.68. The van der Waals surface area contributed by atoms with E-state index in [4.69, 9.17) is 16.7 Å². The second-order valence-corrected chi connectivity index (χ2v) is 5.90. The minimum absolute atomic E-state index is 0.0810. The van der Waals surface area contributed by atoms with Gasteiger partial charge in [0, 0.05) is 27.8 Å². The minimum Gasteiger partial charge on any atom is -0.391 e. The van der Waals surface area contributed by atoms with E-state index in [2.05, 4.69) is 22.9 Å². The van der Waals surface area contributed by atoms with Crippen LogP contribution in [0.3, 0.4) is 0 Å². The van der Waals surface area contributed by atoms with Gasteiger partial charge in [0.1, 0.15) is 12.3 Å². The molecule has 2 rings (SSSR count). The number of benzene rings is 2. The highest BCUT2D eigenvalue weighted by molar-refractivity contribution is 6.35. The number of terminal acetylenes is 1. The van der Waals surface area contributed by atoms with Crippen LogP contribution in [0.25, 0.3) is 0 Å². The lowest BCUT2D eigenvalue weighted by Gasteiger charge is -2.10. The number of oxime groups is 1. The van der Waals surface area contributed by atoms with Crippen LogP contribution in [-0.4, -0.2) is 17.7 Å². The van der Waals surface area contributed by atoms with E-state index in [9.17, 15) is 4.79 Å². The average molecular weight is 356 g/mol. The predicted molar refractivity (Wildman–Crippen MR) is 108 cm³/mol. The van der Waals surface area contributed by atoms with E-state index < -0.39 is 0 Å². The Labute approximate surface area is 159 Å². The molecule has 1 N–H and O–H groups in total. The molecule has 0 heterocycles. The molecule has 0 unspecified atom stereocenters. The Morgan fingerprint density at radius 3 is 2.70 bits per heavy atom. The van der Waals surface area contributed by atoms with Gasteiger partial charge in [-0.3, -0.25) is 10.2 Å². The van der Waals surface area contributed by atoms with Gasteiger partial charge in [-0.1, -0.05) is 35.2 Å². The Kier molecular flexibility index (Phi) is 6.69. The van der Waals surface area contributed by atoms with Gasteiger partial charge in [0.05, 0.1) is 5.71 Å². The molecule has 0 aliphatic rings. The van der Waals surface area contributed by atoms with Crippen molar-refractivity contribution in [3.63, 3.8) is 0 Å². The summed E-state index contributed by atoms with van der Waals surface area (Å²) in [5.74, 6) is 8.47. The molecule has 0 spiro atoms. The number of carbonyl (C=O) groups excluding carboxylic acids is 1. The van der Waals surface area contributed by atoms with Crippen molar-refractivity contribution in [2.75, 3.05) is 0 Å². The first kappa shape index (κ1) is 19.7. The van der Waals surface area contributed by atoms with Crippen LogP contribution in [0.5, 0.6) is 0 Å². The van der Waals surface area contributed by atoms with Crippen LogP contribution in [0.15, 0.2) is 41.6 Å². The van der Waals surface area contributed by atoms with E-state index in [0.717, 1.165) is 27.8 Å². The Morgan fingerprint density at radius 1 is 1.30 bits per heavy atom. The zero-order valence-electron chi connectivity index (χ0n) is 15.6. The summed E-state index contributed by atoms with van der Waals surface area (Å²) in [4.78, 5) is 16.5. The molecule has 0 atom stereocenters. The van der Waals surface area contributed by atoms with Crippen molar-refractivity contribution < 1.29 is 9.63 Å². The summed E-state index contributed by atoms with van der Waals surface area (Å²) in [5, 5.41) is 12.0. The van der Waals surface area contributed by atoms with E-state index in [1.165, 1.54) is 0 Å². The van der Waals surface area contributed by atoms with Crippen molar-refractivity contribution >= 4 is 17.7 Å². The van der Waals surface area contributed by atoms with Crippen molar-refractivity contribution in [3.8, 4) is 24.2 Å². The van der Waals surface area contributed by atoms with E-state index in [0.29, 0.717) is 17.6 Å². The molecule has 0 saturated carbocycles. The molecule has 2 aromatic rings. The van der Waals surface area contributed by atoms with E-state index >= 15 is 0 Å². The Bertz CT molecular complexity index is 1010. The summed E-state index contributed by atoms with van der Waals surface area (Å²) >= 11 is 0. The fourth-order valence-corrected chi connectivity index (χ4v) is 2.59. The fourth-order valence-electron chi connectivity index (χ4n) is 2.59. The number of nitrogens with one attached hydrogen (secondary N) is 1. The van der Waals surface area contributed by atoms with Crippen LogP contribution < -0.4 is 0 Å². The van der Waals surface area contributed by atoms with Gasteiger partial charge < -0.3 is 4.84 Å². The van der Waals surface area contributed by atoms with Gasteiger partial charge >= 0.3 is 0 Å². The third kappa shape index (κ3) is 4.93. The normalized spacial score (nSPS) is 10.4. The molecule has 0 radical (unpaired) electrons. The van der Waals surface area contributed by atoms with Crippen LogP contribution in [0.4, 0.5) is 0 Å². The molecule has 2 aromatic carbocycles.